The minimum Gasteiger partial charge on any atom is -0.496 e. The molecular weight excluding hydrogens is 236 g/mol. The first-order chi connectivity index (χ1) is 9.24. The minimum atomic E-state index is 0.788. The fourth-order valence-electron chi connectivity index (χ4n) is 2.15. The predicted molar refractivity (Wildman–Crippen MR) is 80.6 cm³/mol. The third-order valence-corrected chi connectivity index (χ3v) is 3.17. The van der Waals surface area contributed by atoms with Crippen molar-refractivity contribution in [1.82, 2.24) is 0 Å². The van der Waals surface area contributed by atoms with Crippen molar-refractivity contribution in [3.63, 3.8) is 0 Å². The van der Waals surface area contributed by atoms with E-state index in [1.807, 2.05) is 36.4 Å². The Labute approximate surface area is 114 Å². The van der Waals surface area contributed by atoms with E-state index in [0.717, 1.165) is 30.2 Å². The summed E-state index contributed by atoms with van der Waals surface area (Å²) in [4.78, 5) is 2.27. The zero-order valence-corrected chi connectivity index (χ0v) is 11.5. The summed E-state index contributed by atoms with van der Waals surface area (Å²) in [6, 6.07) is 16.1. The van der Waals surface area contributed by atoms with E-state index in [4.69, 9.17) is 10.5 Å². The molecule has 19 heavy (non-hydrogen) atoms. The molecule has 3 heteroatoms. The van der Waals surface area contributed by atoms with Crippen molar-refractivity contribution >= 4 is 11.4 Å². The lowest BCUT2D eigenvalue weighted by Crippen LogP contribution is -2.22. The van der Waals surface area contributed by atoms with Crippen LogP contribution in [0, 0.1) is 0 Å². The van der Waals surface area contributed by atoms with Gasteiger partial charge in [0.25, 0.3) is 0 Å². The Bertz CT molecular complexity index is 540. The van der Waals surface area contributed by atoms with Gasteiger partial charge in [-0.05, 0) is 31.2 Å². The molecule has 2 N–H and O–H groups in total. The minimum absolute atomic E-state index is 0.788. The topological polar surface area (TPSA) is 38.5 Å². The largest absolute Gasteiger partial charge is 0.496 e. The standard InChI is InChI=1S/C16H20N2O/c1-3-18(15-9-6-8-14(17)11-15)12-13-7-4-5-10-16(13)19-2/h4-11H,3,12,17H2,1-2H3. The van der Waals surface area contributed by atoms with Crippen LogP contribution >= 0.6 is 0 Å². The molecule has 3 nitrogen and oxygen atoms in total. The molecule has 0 unspecified atom stereocenters. The first-order valence-electron chi connectivity index (χ1n) is 6.47. The van der Waals surface area contributed by atoms with Crippen LogP contribution in [0.2, 0.25) is 0 Å². The Morgan fingerprint density at radius 3 is 2.58 bits per heavy atom. The van der Waals surface area contributed by atoms with Crippen molar-refractivity contribution < 1.29 is 4.74 Å². The van der Waals surface area contributed by atoms with Gasteiger partial charge in [-0.2, -0.15) is 0 Å². The van der Waals surface area contributed by atoms with Crippen molar-refractivity contribution in [2.45, 2.75) is 13.5 Å². The zero-order valence-electron chi connectivity index (χ0n) is 11.5. The number of benzene rings is 2. The smallest absolute Gasteiger partial charge is 0.123 e. The Morgan fingerprint density at radius 1 is 1.11 bits per heavy atom. The number of ether oxygens (including phenoxy) is 1. The average molecular weight is 256 g/mol. The van der Waals surface area contributed by atoms with Crippen molar-refractivity contribution in [1.29, 1.82) is 0 Å². The quantitative estimate of drug-likeness (QED) is 0.834. The molecule has 0 fully saturated rings. The van der Waals surface area contributed by atoms with Crippen molar-refractivity contribution in [2.75, 3.05) is 24.3 Å². The predicted octanol–water partition coefficient (Wildman–Crippen LogP) is 3.30. The van der Waals surface area contributed by atoms with E-state index in [2.05, 4.69) is 24.0 Å². The Morgan fingerprint density at radius 2 is 1.89 bits per heavy atom. The molecule has 100 valence electrons. The summed E-state index contributed by atoms with van der Waals surface area (Å²) in [5.41, 5.74) is 8.95. The van der Waals surface area contributed by atoms with Crippen LogP contribution in [0.1, 0.15) is 12.5 Å². The Hall–Kier alpha value is -2.16. The SMILES string of the molecule is CCN(Cc1ccccc1OC)c1cccc(N)c1. The molecule has 0 saturated carbocycles. The van der Waals surface area contributed by atoms with Gasteiger partial charge in [-0.25, -0.2) is 0 Å². The van der Waals surface area contributed by atoms with Gasteiger partial charge >= 0.3 is 0 Å². The van der Waals surface area contributed by atoms with Crippen LogP contribution in [0.3, 0.4) is 0 Å². The van der Waals surface area contributed by atoms with Crippen LogP contribution in [-0.2, 0) is 6.54 Å². The normalized spacial score (nSPS) is 10.2. The molecule has 0 spiro atoms. The van der Waals surface area contributed by atoms with Gasteiger partial charge in [0.1, 0.15) is 5.75 Å². The second-order valence-electron chi connectivity index (χ2n) is 4.42. The van der Waals surface area contributed by atoms with Gasteiger partial charge in [0.2, 0.25) is 0 Å². The Kier molecular flexibility index (Phi) is 4.29. The summed E-state index contributed by atoms with van der Waals surface area (Å²) in [5.74, 6) is 0.921. The van der Waals surface area contributed by atoms with Crippen LogP contribution in [0.5, 0.6) is 5.75 Å². The average Bonchev–Trinajstić information content (AvgIpc) is 2.45. The molecule has 0 atom stereocenters. The van der Waals surface area contributed by atoms with Crippen molar-refractivity contribution in [3.8, 4) is 5.75 Å². The maximum Gasteiger partial charge on any atom is 0.123 e. The molecule has 0 amide bonds. The van der Waals surface area contributed by atoms with Gasteiger partial charge in [0.15, 0.2) is 0 Å². The maximum atomic E-state index is 5.85. The van der Waals surface area contributed by atoms with Gasteiger partial charge in [-0.1, -0.05) is 24.3 Å². The second-order valence-corrected chi connectivity index (χ2v) is 4.42. The summed E-state index contributed by atoms with van der Waals surface area (Å²) in [7, 11) is 1.70. The number of rotatable bonds is 5. The molecule has 0 radical (unpaired) electrons. The maximum absolute atomic E-state index is 5.85. The van der Waals surface area contributed by atoms with E-state index >= 15 is 0 Å². The van der Waals surface area contributed by atoms with Gasteiger partial charge in [-0.15, -0.1) is 0 Å². The van der Waals surface area contributed by atoms with Crippen LogP contribution in [0.15, 0.2) is 48.5 Å². The van der Waals surface area contributed by atoms with Crippen molar-refractivity contribution in [3.05, 3.63) is 54.1 Å². The molecule has 0 saturated heterocycles. The molecule has 2 rings (SSSR count). The molecular formula is C16H20N2O. The summed E-state index contributed by atoms with van der Waals surface area (Å²) < 4.78 is 5.40. The van der Waals surface area contributed by atoms with Crippen LogP contribution < -0.4 is 15.4 Å². The number of para-hydroxylation sites is 1. The van der Waals surface area contributed by atoms with Crippen LogP contribution in [-0.4, -0.2) is 13.7 Å². The zero-order chi connectivity index (χ0) is 13.7. The fraction of sp³-hybridized carbons (Fsp3) is 0.250. The van der Waals surface area contributed by atoms with Gasteiger partial charge in [-0.3, -0.25) is 0 Å². The highest BCUT2D eigenvalue weighted by Crippen LogP contribution is 2.24. The molecule has 0 aliphatic heterocycles. The van der Waals surface area contributed by atoms with E-state index in [1.165, 1.54) is 5.56 Å². The van der Waals surface area contributed by atoms with E-state index in [0.29, 0.717) is 0 Å². The van der Waals surface area contributed by atoms with Crippen molar-refractivity contribution in [2.24, 2.45) is 0 Å². The molecule has 0 bridgehead atoms. The van der Waals surface area contributed by atoms with Crippen LogP contribution in [0.25, 0.3) is 0 Å². The van der Waals surface area contributed by atoms with Gasteiger partial charge < -0.3 is 15.4 Å². The third-order valence-electron chi connectivity index (χ3n) is 3.17. The first kappa shape index (κ1) is 13.3. The highest BCUT2D eigenvalue weighted by atomic mass is 16.5. The number of methoxy groups -OCH3 is 1. The monoisotopic (exact) mass is 256 g/mol. The number of hydrogen-bond acceptors (Lipinski definition) is 3. The summed E-state index contributed by atoms with van der Waals surface area (Å²) >= 11 is 0. The number of nitrogens with zero attached hydrogens (tertiary/aromatic N) is 1. The third kappa shape index (κ3) is 3.19. The lowest BCUT2D eigenvalue weighted by molar-refractivity contribution is 0.409. The highest BCUT2D eigenvalue weighted by Gasteiger charge is 2.09. The lowest BCUT2D eigenvalue weighted by atomic mass is 10.1. The number of nitrogens with two attached hydrogens (primary N) is 1. The molecule has 2 aromatic rings. The van der Waals surface area contributed by atoms with E-state index in [1.54, 1.807) is 7.11 Å². The first-order valence-corrected chi connectivity index (χ1v) is 6.47. The summed E-state index contributed by atoms with van der Waals surface area (Å²) in [5, 5.41) is 0. The molecule has 0 heterocycles. The van der Waals surface area contributed by atoms with Gasteiger partial charge in [0, 0.05) is 30.0 Å². The molecule has 0 aliphatic carbocycles. The van der Waals surface area contributed by atoms with E-state index < -0.39 is 0 Å². The van der Waals surface area contributed by atoms with Crippen LogP contribution in [0.4, 0.5) is 11.4 Å². The molecule has 2 aromatic carbocycles. The van der Waals surface area contributed by atoms with Gasteiger partial charge in [0.05, 0.1) is 7.11 Å². The Balaban J connectivity index is 2.24. The summed E-state index contributed by atoms with van der Waals surface area (Å²) in [6.07, 6.45) is 0. The van der Waals surface area contributed by atoms with E-state index in [9.17, 15) is 0 Å². The lowest BCUT2D eigenvalue weighted by Gasteiger charge is -2.24. The highest BCUT2D eigenvalue weighted by molar-refractivity contribution is 5.56. The second kappa shape index (κ2) is 6.14. The number of hydrogen-bond donors (Lipinski definition) is 1. The molecule has 0 aliphatic rings. The summed E-state index contributed by atoms with van der Waals surface area (Å²) in [6.45, 7) is 3.87. The molecule has 0 aromatic heterocycles. The number of nitrogen functional groups attached to an aromatic ring is 1. The fourth-order valence-corrected chi connectivity index (χ4v) is 2.15. The number of anilines is 2. The van der Waals surface area contributed by atoms with E-state index in [-0.39, 0.29) is 0 Å².